The molecule has 1 saturated heterocycles. The van der Waals surface area contributed by atoms with Gasteiger partial charge in [0.15, 0.2) is 0 Å². The summed E-state index contributed by atoms with van der Waals surface area (Å²) in [5, 5.41) is 6.62. The third kappa shape index (κ3) is 4.46. The van der Waals surface area contributed by atoms with Crippen molar-refractivity contribution in [1.29, 1.82) is 0 Å². The van der Waals surface area contributed by atoms with Crippen molar-refractivity contribution < 1.29 is 14.3 Å². The summed E-state index contributed by atoms with van der Waals surface area (Å²) in [5.41, 5.74) is 2.91. The molecule has 0 bridgehead atoms. The lowest BCUT2D eigenvalue weighted by Gasteiger charge is -2.34. The highest BCUT2D eigenvalue weighted by Crippen LogP contribution is 2.47. The molecule has 32 heavy (non-hydrogen) atoms. The summed E-state index contributed by atoms with van der Waals surface area (Å²) in [4.78, 5) is 35.4. The monoisotopic (exact) mass is 436 g/mol. The van der Waals surface area contributed by atoms with Gasteiger partial charge in [0, 0.05) is 12.8 Å². The van der Waals surface area contributed by atoms with Gasteiger partial charge in [-0.2, -0.15) is 0 Å². The van der Waals surface area contributed by atoms with Gasteiger partial charge in [0.25, 0.3) is 0 Å². The van der Waals surface area contributed by atoms with Crippen molar-refractivity contribution in [3.63, 3.8) is 0 Å². The highest BCUT2D eigenvalue weighted by atomic mass is 16.5. The fraction of sp³-hybridized carbons (Fsp3) is 0.478. The fourth-order valence-corrected chi connectivity index (χ4v) is 4.75. The average Bonchev–Trinajstić information content (AvgIpc) is 3.30. The van der Waals surface area contributed by atoms with E-state index in [1.165, 1.54) is 6.34 Å². The summed E-state index contributed by atoms with van der Waals surface area (Å²) in [5.74, 6) is 5.18. The molecular formula is C23H28N6O3. The smallest absolute Gasteiger partial charge is 0.336 e. The van der Waals surface area contributed by atoms with E-state index in [1.54, 1.807) is 11.8 Å². The van der Waals surface area contributed by atoms with Gasteiger partial charge in [-0.15, -0.1) is 5.11 Å². The Balaban J connectivity index is 1.28. The van der Waals surface area contributed by atoms with E-state index in [0.717, 1.165) is 49.1 Å². The first-order chi connectivity index (χ1) is 15.5. The van der Waals surface area contributed by atoms with Crippen LogP contribution < -0.4 is 5.84 Å². The van der Waals surface area contributed by atoms with Crippen LogP contribution in [0.2, 0.25) is 0 Å². The van der Waals surface area contributed by atoms with Crippen LogP contribution >= 0.6 is 0 Å². The molecule has 1 saturated carbocycles. The maximum Gasteiger partial charge on any atom is 0.336 e. The van der Waals surface area contributed by atoms with Gasteiger partial charge < -0.3 is 15.5 Å². The number of rotatable bonds is 6. The Bertz CT molecular complexity index is 987. The normalized spacial score (nSPS) is 26.5. The summed E-state index contributed by atoms with van der Waals surface area (Å²) < 4.78 is 5.10. The number of hydrogen-bond donors (Lipinski definition) is 1. The highest BCUT2D eigenvalue weighted by molar-refractivity contribution is 5.94. The summed E-state index contributed by atoms with van der Waals surface area (Å²) in [6.45, 7) is 3.25. The van der Waals surface area contributed by atoms with Gasteiger partial charge >= 0.3 is 5.97 Å². The number of hydrogen-bond acceptors (Lipinski definition) is 6. The molecule has 1 spiro atoms. The Kier molecular flexibility index (Phi) is 6.43. The molecule has 4 rings (SSSR count). The van der Waals surface area contributed by atoms with Gasteiger partial charge in [0.2, 0.25) is 5.91 Å². The first-order valence-electron chi connectivity index (χ1n) is 10.9. The lowest BCUT2D eigenvalue weighted by Crippen LogP contribution is -2.37. The fourth-order valence-electron chi connectivity index (χ4n) is 4.75. The zero-order valence-corrected chi connectivity index (χ0v) is 18.2. The number of nitrogens with zero attached hydrogens (tertiary/aromatic N) is 5. The minimum Gasteiger partial charge on any atom is -0.456 e. The van der Waals surface area contributed by atoms with Crippen molar-refractivity contribution in [3.8, 4) is 0 Å². The molecule has 2 fully saturated rings. The van der Waals surface area contributed by atoms with Crippen LogP contribution in [-0.2, 0) is 20.9 Å². The molecular weight excluding hydrogens is 408 g/mol. The van der Waals surface area contributed by atoms with Crippen LogP contribution in [0.3, 0.4) is 0 Å². The lowest BCUT2D eigenvalue weighted by atomic mass is 9.69. The number of aliphatic imine (C=N–C) groups is 2. The minimum atomic E-state index is -0.311. The minimum absolute atomic E-state index is 0.163. The molecule has 1 amide bonds. The van der Waals surface area contributed by atoms with Crippen molar-refractivity contribution in [2.75, 3.05) is 13.2 Å². The molecule has 3 aliphatic rings. The molecule has 2 heterocycles. The van der Waals surface area contributed by atoms with E-state index < -0.39 is 0 Å². The van der Waals surface area contributed by atoms with Gasteiger partial charge in [-0.1, -0.05) is 17.4 Å². The van der Waals surface area contributed by atoms with Crippen molar-refractivity contribution >= 4 is 30.1 Å². The Hall–Kier alpha value is -3.36. The van der Waals surface area contributed by atoms with Crippen LogP contribution in [0, 0.1) is 11.3 Å². The topological polar surface area (TPSA) is 122 Å². The zero-order valence-electron chi connectivity index (χ0n) is 18.2. The van der Waals surface area contributed by atoms with Crippen LogP contribution in [0.4, 0.5) is 5.69 Å². The van der Waals surface area contributed by atoms with Crippen LogP contribution in [0.15, 0.2) is 55.9 Å². The molecule has 168 valence electrons. The highest BCUT2D eigenvalue weighted by Gasteiger charge is 2.50. The van der Waals surface area contributed by atoms with Gasteiger partial charge in [-0.3, -0.25) is 9.79 Å². The van der Waals surface area contributed by atoms with Crippen molar-refractivity contribution in [2.24, 2.45) is 37.5 Å². The number of esters is 1. The Morgan fingerprint density at radius 3 is 2.59 bits per heavy atom. The Morgan fingerprint density at radius 1 is 1.19 bits per heavy atom. The number of carbonyl (C=O) groups is 2. The molecule has 9 nitrogen and oxygen atoms in total. The second-order valence-electron chi connectivity index (χ2n) is 8.60. The van der Waals surface area contributed by atoms with Crippen LogP contribution in [-0.4, -0.2) is 42.5 Å². The van der Waals surface area contributed by atoms with Crippen molar-refractivity contribution in [2.45, 2.75) is 45.6 Å². The predicted molar refractivity (Wildman–Crippen MR) is 120 cm³/mol. The summed E-state index contributed by atoms with van der Waals surface area (Å²) in [7, 11) is 0. The zero-order chi connectivity index (χ0) is 22.6. The molecule has 2 N–H and O–H groups in total. The molecule has 0 unspecified atom stereocenters. The quantitative estimate of drug-likeness (QED) is 0.183. The van der Waals surface area contributed by atoms with Crippen molar-refractivity contribution in [1.82, 2.24) is 4.90 Å². The number of likely N-dealkylation sites (tertiary alicyclic amines) is 1. The number of ether oxygens (including phenoxy) is 1. The Labute approximate surface area is 187 Å². The standard InChI is InChI=1S/C23H28N6O3/c1-16-20(14-32-21(16)30)29-11-10-23(22(29)31)8-6-18(7-9-23)13-25-12-17-2-4-19(5-3-17)26-15-27-28-24/h2-5,13,15,18H,6-12,14H2,1H3,(H2,24,26,27). The average molecular weight is 437 g/mol. The predicted octanol–water partition coefficient (Wildman–Crippen LogP) is 3.48. The largest absolute Gasteiger partial charge is 0.456 e. The first-order valence-corrected chi connectivity index (χ1v) is 10.9. The summed E-state index contributed by atoms with van der Waals surface area (Å²) in [6.07, 6.45) is 7.85. The van der Waals surface area contributed by atoms with Gasteiger partial charge in [-0.05, 0) is 62.6 Å². The van der Waals surface area contributed by atoms with Crippen LogP contribution in [0.5, 0.6) is 0 Å². The first kappa shape index (κ1) is 21.9. The Morgan fingerprint density at radius 2 is 1.94 bits per heavy atom. The molecule has 9 heteroatoms. The SMILES string of the molecule is CC1=C(N2CCC3(CCC(C=NCc4ccc(N=CN=NN)cc4)CC3)C2=O)COC1=O. The van der Waals surface area contributed by atoms with Crippen LogP contribution in [0.1, 0.15) is 44.6 Å². The van der Waals surface area contributed by atoms with Crippen molar-refractivity contribution in [3.05, 3.63) is 41.1 Å². The summed E-state index contributed by atoms with van der Waals surface area (Å²) >= 11 is 0. The van der Waals surface area contributed by atoms with Gasteiger partial charge in [-0.25, -0.2) is 9.79 Å². The third-order valence-corrected chi connectivity index (χ3v) is 6.76. The molecule has 1 aliphatic carbocycles. The van der Waals surface area contributed by atoms with E-state index in [9.17, 15) is 9.59 Å². The van der Waals surface area contributed by atoms with Gasteiger partial charge in [0.1, 0.15) is 12.9 Å². The van der Waals surface area contributed by atoms with E-state index >= 15 is 0 Å². The molecule has 0 aromatic heterocycles. The molecule has 0 radical (unpaired) electrons. The number of cyclic esters (lactones) is 1. The van der Waals surface area contributed by atoms with E-state index in [4.69, 9.17) is 10.6 Å². The maximum atomic E-state index is 13.2. The molecule has 2 aliphatic heterocycles. The second kappa shape index (κ2) is 9.42. The van der Waals surface area contributed by atoms with E-state index in [2.05, 4.69) is 20.3 Å². The van der Waals surface area contributed by atoms with E-state index in [-0.39, 0.29) is 23.9 Å². The molecule has 0 atom stereocenters. The number of carbonyl (C=O) groups excluding carboxylic acids is 2. The molecule has 1 aromatic rings. The third-order valence-electron chi connectivity index (χ3n) is 6.76. The van der Waals surface area contributed by atoms with Crippen LogP contribution in [0.25, 0.3) is 0 Å². The number of benzene rings is 1. The number of amides is 1. The van der Waals surface area contributed by atoms with E-state index in [0.29, 0.717) is 24.6 Å². The second-order valence-corrected chi connectivity index (χ2v) is 8.60. The molecule has 1 aromatic carbocycles. The lowest BCUT2D eigenvalue weighted by molar-refractivity contribution is -0.138. The summed E-state index contributed by atoms with van der Waals surface area (Å²) in [6, 6.07) is 7.77. The maximum absolute atomic E-state index is 13.2. The number of nitrogens with two attached hydrogens (primary N) is 1. The van der Waals surface area contributed by atoms with E-state index in [1.807, 2.05) is 30.5 Å². The van der Waals surface area contributed by atoms with Gasteiger partial charge in [0.05, 0.1) is 28.9 Å².